The summed E-state index contributed by atoms with van der Waals surface area (Å²) in [5, 5.41) is 2.90. The van der Waals surface area contributed by atoms with E-state index in [1.165, 1.54) is 4.90 Å². The quantitative estimate of drug-likeness (QED) is 0.803. The number of imide groups is 1. The van der Waals surface area contributed by atoms with Crippen LogP contribution in [0.2, 0.25) is 0 Å². The number of carbonyl (C=O) groups excluding carboxylic acids is 3. The van der Waals surface area contributed by atoms with Crippen molar-refractivity contribution in [3.05, 3.63) is 0 Å². The Morgan fingerprint density at radius 2 is 1.75 bits per heavy atom. The first-order chi connectivity index (χ1) is 11.4. The molecule has 6 heteroatoms. The zero-order valence-electron chi connectivity index (χ0n) is 14.8. The highest BCUT2D eigenvalue weighted by Crippen LogP contribution is 2.33. The zero-order chi connectivity index (χ0) is 17.3. The van der Waals surface area contributed by atoms with Gasteiger partial charge < -0.3 is 10.2 Å². The van der Waals surface area contributed by atoms with Gasteiger partial charge in [0.1, 0.15) is 5.54 Å². The molecule has 3 rings (SSSR count). The molecule has 0 aromatic rings. The van der Waals surface area contributed by atoms with E-state index in [2.05, 4.69) is 19.2 Å². The smallest absolute Gasteiger partial charge is 0.325 e. The third-order valence-corrected chi connectivity index (χ3v) is 5.72. The van der Waals surface area contributed by atoms with E-state index in [9.17, 15) is 14.4 Å². The number of nitrogens with one attached hydrogen (secondary N) is 1. The Labute approximate surface area is 143 Å². The summed E-state index contributed by atoms with van der Waals surface area (Å²) in [7, 11) is 0. The van der Waals surface area contributed by atoms with Gasteiger partial charge in [-0.05, 0) is 31.1 Å². The van der Waals surface area contributed by atoms with Gasteiger partial charge in [0.15, 0.2) is 0 Å². The van der Waals surface area contributed by atoms with Crippen molar-refractivity contribution in [2.75, 3.05) is 19.6 Å². The van der Waals surface area contributed by atoms with Gasteiger partial charge in [-0.2, -0.15) is 0 Å². The summed E-state index contributed by atoms with van der Waals surface area (Å²) in [6, 6.07) is -0.324. The zero-order valence-corrected chi connectivity index (χ0v) is 14.8. The molecule has 0 unspecified atom stereocenters. The molecular weight excluding hydrogens is 306 g/mol. The number of hydrogen-bond donors (Lipinski definition) is 1. The van der Waals surface area contributed by atoms with Crippen molar-refractivity contribution in [3.63, 3.8) is 0 Å². The molecule has 0 aromatic carbocycles. The Hall–Kier alpha value is -1.59. The number of likely N-dealkylation sites (tertiary alicyclic amines) is 1. The largest absolute Gasteiger partial charge is 0.342 e. The number of nitrogens with zero attached hydrogens (tertiary/aromatic N) is 2. The number of hydrogen-bond acceptors (Lipinski definition) is 3. The molecular formula is C18H29N3O3. The lowest BCUT2D eigenvalue weighted by atomic mass is 9.82. The van der Waals surface area contributed by atoms with Gasteiger partial charge in [-0.15, -0.1) is 0 Å². The first-order valence-corrected chi connectivity index (χ1v) is 9.33. The molecule has 3 fully saturated rings. The van der Waals surface area contributed by atoms with E-state index in [1.807, 2.05) is 4.90 Å². The lowest BCUT2D eigenvalue weighted by molar-refractivity contribution is -0.135. The van der Waals surface area contributed by atoms with Gasteiger partial charge in [0.25, 0.3) is 5.91 Å². The highest BCUT2D eigenvalue weighted by atomic mass is 16.2. The molecule has 0 radical (unpaired) electrons. The van der Waals surface area contributed by atoms with Crippen LogP contribution in [-0.4, -0.2) is 52.8 Å². The third-order valence-electron chi connectivity index (χ3n) is 5.72. The molecule has 2 saturated heterocycles. The topological polar surface area (TPSA) is 69.7 Å². The predicted molar refractivity (Wildman–Crippen MR) is 90.2 cm³/mol. The minimum Gasteiger partial charge on any atom is -0.342 e. The summed E-state index contributed by atoms with van der Waals surface area (Å²) >= 11 is 0. The monoisotopic (exact) mass is 335 g/mol. The maximum atomic E-state index is 12.7. The van der Waals surface area contributed by atoms with Crippen molar-refractivity contribution in [1.82, 2.24) is 15.1 Å². The summed E-state index contributed by atoms with van der Waals surface area (Å²) in [4.78, 5) is 40.6. The summed E-state index contributed by atoms with van der Waals surface area (Å²) in [5.41, 5.74) is -0.688. The lowest BCUT2D eigenvalue weighted by Crippen LogP contribution is -2.48. The second-order valence-electron chi connectivity index (χ2n) is 8.02. The van der Waals surface area contributed by atoms with E-state index in [0.29, 0.717) is 11.8 Å². The number of urea groups is 1. The van der Waals surface area contributed by atoms with Crippen molar-refractivity contribution in [2.24, 2.45) is 11.8 Å². The molecule has 1 aliphatic carbocycles. The van der Waals surface area contributed by atoms with Crippen molar-refractivity contribution in [1.29, 1.82) is 0 Å². The van der Waals surface area contributed by atoms with Crippen molar-refractivity contribution in [2.45, 2.75) is 64.3 Å². The maximum absolute atomic E-state index is 12.7. The van der Waals surface area contributed by atoms with E-state index in [-0.39, 0.29) is 30.8 Å². The number of carbonyl (C=O) groups is 3. The molecule has 1 spiro atoms. The fraction of sp³-hybridized carbons (Fsp3) is 0.833. The molecule has 134 valence electrons. The molecule has 1 N–H and O–H groups in total. The first kappa shape index (κ1) is 17.2. The molecule has 1 saturated carbocycles. The van der Waals surface area contributed by atoms with Crippen LogP contribution in [0.4, 0.5) is 4.79 Å². The number of rotatable bonds is 3. The van der Waals surface area contributed by atoms with Gasteiger partial charge in [0.05, 0.1) is 0 Å². The maximum Gasteiger partial charge on any atom is 0.325 e. The standard InChI is InChI=1S/C18H29N3O3/c1-13-10-14(2)12-20(11-13)15(22)6-9-21-16(23)18(19-17(21)24)7-4-3-5-8-18/h13-14H,3-12H2,1-2H3,(H,19,24)/t13-,14-/m0/s1. The molecule has 2 aliphatic heterocycles. The molecule has 3 aliphatic rings. The predicted octanol–water partition coefficient (Wildman–Crippen LogP) is 2.14. The van der Waals surface area contributed by atoms with Crippen molar-refractivity contribution in [3.8, 4) is 0 Å². The Morgan fingerprint density at radius 3 is 2.38 bits per heavy atom. The van der Waals surface area contributed by atoms with Gasteiger partial charge >= 0.3 is 6.03 Å². The van der Waals surface area contributed by atoms with Gasteiger partial charge in [-0.25, -0.2) is 4.79 Å². The molecule has 0 aromatic heterocycles. The Balaban J connectivity index is 1.57. The summed E-state index contributed by atoms with van der Waals surface area (Å²) in [5.74, 6) is 0.957. The Morgan fingerprint density at radius 1 is 1.12 bits per heavy atom. The SMILES string of the molecule is C[C@H]1C[C@H](C)CN(C(=O)CCN2C(=O)NC3(CCCCC3)C2=O)C1. The van der Waals surface area contributed by atoms with Gasteiger partial charge in [0, 0.05) is 26.1 Å². The molecule has 2 atom stereocenters. The van der Waals surface area contributed by atoms with Gasteiger partial charge in [-0.3, -0.25) is 14.5 Å². The molecule has 24 heavy (non-hydrogen) atoms. The normalized spacial score (nSPS) is 29.9. The van der Waals surface area contributed by atoms with Gasteiger partial charge in [0.2, 0.25) is 5.91 Å². The van der Waals surface area contributed by atoms with E-state index in [4.69, 9.17) is 0 Å². The third kappa shape index (κ3) is 3.28. The Bertz CT molecular complexity index is 518. The molecule has 6 nitrogen and oxygen atoms in total. The van der Waals surface area contributed by atoms with E-state index < -0.39 is 5.54 Å². The van der Waals surface area contributed by atoms with Crippen LogP contribution in [0.5, 0.6) is 0 Å². The summed E-state index contributed by atoms with van der Waals surface area (Å²) in [6.07, 6.45) is 5.90. The van der Waals surface area contributed by atoms with Crippen LogP contribution < -0.4 is 5.32 Å². The van der Waals surface area contributed by atoms with Crippen molar-refractivity contribution >= 4 is 17.8 Å². The van der Waals surface area contributed by atoms with E-state index in [0.717, 1.165) is 51.6 Å². The van der Waals surface area contributed by atoms with Crippen LogP contribution in [-0.2, 0) is 9.59 Å². The summed E-state index contributed by atoms with van der Waals surface area (Å²) < 4.78 is 0. The van der Waals surface area contributed by atoms with E-state index in [1.54, 1.807) is 0 Å². The molecule has 2 heterocycles. The minimum atomic E-state index is -0.688. The highest BCUT2D eigenvalue weighted by molar-refractivity contribution is 6.07. The van der Waals surface area contributed by atoms with Crippen LogP contribution in [0, 0.1) is 11.8 Å². The van der Waals surface area contributed by atoms with E-state index >= 15 is 0 Å². The number of amides is 4. The Kier molecular flexibility index (Phi) is 4.83. The highest BCUT2D eigenvalue weighted by Gasteiger charge is 2.51. The average Bonchev–Trinajstić information content (AvgIpc) is 2.75. The van der Waals surface area contributed by atoms with Crippen LogP contribution in [0.1, 0.15) is 58.8 Å². The number of piperidine rings is 1. The van der Waals surface area contributed by atoms with Crippen LogP contribution in [0.25, 0.3) is 0 Å². The average molecular weight is 335 g/mol. The van der Waals surface area contributed by atoms with Crippen LogP contribution >= 0.6 is 0 Å². The first-order valence-electron chi connectivity index (χ1n) is 9.33. The van der Waals surface area contributed by atoms with Crippen LogP contribution in [0.3, 0.4) is 0 Å². The fourth-order valence-electron chi connectivity index (χ4n) is 4.61. The van der Waals surface area contributed by atoms with Crippen LogP contribution in [0.15, 0.2) is 0 Å². The second-order valence-corrected chi connectivity index (χ2v) is 8.02. The molecule has 0 bridgehead atoms. The van der Waals surface area contributed by atoms with Gasteiger partial charge in [-0.1, -0.05) is 33.1 Å². The fourth-order valence-corrected chi connectivity index (χ4v) is 4.61. The lowest BCUT2D eigenvalue weighted by Gasteiger charge is -2.35. The summed E-state index contributed by atoms with van der Waals surface area (Å²) in [6.45, 7) is 6.10. The minimum absolute atomic E-state index is 0.0543. The molecule has 4 amide bonds. The second kappa shape index (κ2) is 6.73. The van der Waals surface area contributed by atoms with Crippen molar-refractivity contribution < 1.29 is 14.4 Å².